The van der Waals surface area contributed by atoms with Gasteiger partial charge in [-0.3, -0.25) is 4.79 Å². The fraction of sp³-hybridized carbons (Fsp3) is 0. The van der Waals surface area contributed by atoms with Gasteiger partial charge in [0.15, 0.2) is 0 Å². The third kappa shape index (κ3) is 0.901. The van der Waals surface area contributed by atoms with Gasteiger partial charge < -0.3 is 0 Å². The summed E-state index contributed by atoms with van der Waals surface area (Å²) in [5.74, 6) is -0.588. The van der Waals surface area contributed by atoms with E-state index in [9.17, 15) is 13.2 Å². The van der Waals surface area contributed by atoms with Crippen LogP contribution in [-0.2, 0) is 10.0 Å². The molecule has 12 heavy (non-hydrogen) atoms. The molecule has 0 radical (unpaired) electrons. The van der Waals surface area contributed by atoms with Crippen LogP contribution in [-0.4, -0.2) is 14.3 Å². The van der Waals surface area contributed by atoms with Crippen LogP contribution in [0.5, 0.6) is 0 Å². The lowest BCUT2D eigenvalue weighted by molar-refractivity contribution is 0.0994. The van der Waals surface area contributed by atoms with Gasteiger partial charge in [-0.25, -0.2) is 0 Å². The van der Waals surface area contributed by atoms with Gasteiger partial charge in [-0.05, 0) is 11.4 Å². The van der Waals surface area contributed by atoms with Gasteiger partial charge in [-0.2, -0.15) is 8.42 Å². The van der Waals surface area contributed by atoms with E-state index in [1.165, 1.54) is 11.4 Å². The first kappa shape index (κ1) is 7.56. The van der Waals surface area contributed by atoms with Crippen molar-refractivity contribution in [1.82, 2.24) is 0 Å². The minimum atomic E-state index is -3.68. The van der Waals surface area contributed by atoms with E-state index in [2.05, 4.69) is 9.63 Å². The summed E-state index contributed by atoms with van der Waals surface area (Å²) in [6.45, 7) is 0. The van der Waals surface area contributed by atoms with Crippen LogP contribution in [0.4, 0.5) is 0 Å². The van der Waals surface area contributed by atoms with E-state index in [0.717, 1.165) is 11.3 Å². The molecule has 0 N–H and O–H groups in total. The number of hydrogen-bond donors (Lipinski definition) is 0. The molecular formula is C5H2N2O3S2. The van der Waals surface area contributed by atoms with Crippen LogP contribution in [0.2, 0.25) is 0 Å². The maximum Gasteiger partial charge on any atom is 0.307 e. The maximum atomic E-state index is 11.1. The highest BCUT2D eigenvalue weighted by Crippen LogP contribution is 2.28. The zero-order valence-corrected chi connectivity index (χ0v) is 7.22. The lowest BCUT2D eigenvalue weighted by Crippen LogP contribution is -2.07. The van der Waals surface area contributed by atoms with Crippen LogP contribution in [0.15, 0.2) is 26.0 Å². The highest BCUT2D eigenvalue weighted by atomic mass is 32.2. The standard InChI is InChI=1S/C5H2N2O3S2/c8-5-4-3(1-2-11-4)12(9,10)7-6-5/h1-2H. The summed E-state index contributed by atoms with van der Waals surface area (Å²) in [5, 5.41) is 4.53. The molecule has 1 aromatic rings. The Labute approximate surface area is 71.8 Å². The fourth-order valence-electron chi connectivity index (χ4n) is 0.837. The Hall–Kier alpha value is -1.08. The largest absolute Gasteiger partial charge is 0.307 e. The first-order valence-corrected chi connectivity index (χ1v) is 5.23. The van der Waals surface area contributed by atoms with Gasteiger partial charge in [0.25, 0.3) is 0 Å². The molecule has 0 saturated heterocycles. The molecule has 62 valence electrons. The van der Waals surface area contributed by atoms with Crippen LogP contribution in [0.3, 0.4) is 0 Å². The van der Waals surface area contributed by atoms with Crippen molar-refractivity contribution in [3.63, 3.8) is 0 Å². The molecule has 1 aromatic heterocycles. The third-order valence-corrected chi connectivity index (χ3v) is 3.56. The number of fused-ring (bicyclic) bond motifs is 1. The van der Waals surface area contributed by atoms with Crippen molar-refractivity contribution in [3.05, 3.63) is 16.3 Å². The van der Waals surface area contributed by atoms with Gasteiger partial charge in [0.05, 0.1) is 0 Å². The van der Waals surface area contributed by atoms with E-state index >= 15 is 0 Å². The van der Waals surface area contributed by atoms with Crippen LogP contribution in [0.1, 0.15) is 9.67 Å². The number of sulfonamides is 1. The molecular weight excluding hydrogens is 200 g/mol. The van der Waals surface area contributed by atoms with Gasteiger partial charge in [0, 0.05) is 0 Å². The Morgan fingerprint density at radius 1 is 1.42 bits per heavy atom. The van der Waals surface area contributed by atoms with Crippen molar-refractivity contribution in [3.8, 4) is 0 Å². The maximum absolute atomic E-state index is 11.1. The van der Waals surface area contributed by atoms with Crippen molar-refractivity contribution < 1.29 is 13.2 Å². The Bertz CT molecular complexity index is 471. The van der Waals surface area contributed by atoms with E-state index in [1.54, 1.807) is 0 Å². The second-order valence-corrected chi connectivity index (χ2v) is 4.55. The van der Waals surface area contributed by atoms with E-state index in [-0.39, 0.29) is 9.77 Å². The molecule has 0 spiro atoms. The molecule has 0 bridgehead atoms. The highest BCUT2D eigenvalue weighted by molar-refractivity contribution is 7.90. The number of rotatable bonds is 0. The first-order valence-electron chi connectivity index (χ1n) is 2.91. The smallest absolute Gasteiger partial charge is 0.264 e. The summed E-state index contributed by atoms with van der Waals surface area (Å²) < 4.78 is 25.1. The molecule has 0 fully saturated rings. The van der Waals surface area contributed by atoms with Gasteiger partial charge in [-0.1, -0.05) is 9.63 Å². The monoisotopic (exact) mass is 202 g/mol. The predicted octanol–water partition coefficient (Wildman–Crippen LogP) is 1.04. The Morgan fingerprint density at radius 2 is 2.17 bits per heavy atom. The zero-order valence-electron chi connectivity index (χ0n) is 5.59. The van der Waals surface area contributed by atoms with E-state index in [0.29, 0.717) is 0 Å². The molecule has 5 nitrogen and oxygen atoms in total. The number of hydrogen-bond acceptors (Lipinski definition) is 4. The summed E-state index contributed by atoms with van der Waals surface area (Å²) in [7, 11) is -3.68. The molecule has 2 heterocycles. The zero-order chi connectivity index (χ0) is 8.77. The predicted molar refractivity (Wildman–Crippen MR) is 40.7 cm³/mol. The number of nitrogens with zero attached hydrogens (tertiary/aromatic N) is 2. The van der Waals surface area contributed by atoms with Crippen molar-refractivity contribution in [1.29, 1.82) is 0 Å². The molecule has 7 heteroatoms. The average molecular weight is 202 g/mol. The minimum Gasteiger partial charge on any atom is -0.264 e. The molecule has 0 saturated carbocycles. The minimum absolute atomic E-state index is 0.0347. The SMILES string of the molecule is O=C1N=NS(=O)(=O)c2ccsc21. The highest BCUT2D eigenvalue weighted by Gasteiger charge is 2.28. The lowest BCUT2D eigenvalue weighted by atomic mass is 10.4. The number of thiophene rings is 1. The van der Waals surface area contributed by atoms with Crippen LogP contribution >= 0.6 is 11.3 Å². The Morgan fingerprint density at radius 3 is 2.83 bits per heavy atom. The molecule has 1 aliphatic heterocycles. The van der Waals surface area contributed by atoms with Crippen LogP contribution in [0.25, 0.3) is 0 Å². The van der Waals surface area contributed by atoms with Gasteiger partial charge in [0.2, 0.25) is 0 Å². The Kier molecular flexibility index (Phi) is 1.39. The van der Waals surface area contributed by atoms with Crippen molar-refractivity contribution in [2.24, 2.45) is 9.63 Å². The molecule has 1 aliphatic rings. The lowest BCUT2D eigenvalue weighted by Gasteiger charge is -2.00. The topological polar surface area (TPSA) is 75.9 Å². The van der Waals surface area contributed by atoms with Crippen molar-refractivity contribution in [2.75, 3.05) is 0 Å². The summed E-state index contributed by atoms with van der Waals surface area (Å²) in [6.07, 6.45) is 0. The molecule has 0 aromatic carbocycles. The second-order valence-electron chi connectivity index (χ2n) is 2.08. The summed E-state index contributed by atoms with van der Waals surface area (Å²) in [5.41, 5.74) is 0. The fourth-order valence-corrected chi connectivity index (χ4v) is 2.88. The number of carbonyl (C=O) groups is 1. The van der Waals surface area contributed by atoms with E-state index in [1.807, 2.05) is 0 Å². The van der Waals surface area contributed by atoms with Crippen LogP contribution < -0.4 is 0 Å². The summed E-state index contributed by atoms with van der Waals surface area (Å²) >= 11 is 1.05. The van der Waals surface area contributed by atoms with Crippen LogP contribution in [0, 0.1) is 0 Å². The molecule has 0 unspecified atom stereocenters. The quantitative estimate of drug-likeness (QED) is 0.630. The number of carbonyl (C=O) groups excluding carboxylic acids is 1. The van der Waals surface area contributed by atoms with E-state index in [4.69, 9.17) is 0 Å². The van der Waals surface area contributed by atoms with Gasteiger partial charge in [0.1, 0.15) is 9.77 Å². The Balaban J connectivity index is 2.82. The average Bonchev–Trinajstić information content (AvgIpc) is 2.46. The van der Waals surface area contributed by atoms with Crippen molar-refractivity contribution in [2.45, 2.75) is 4.90 Å². The van der Waals surface area contributed by atoms with Gasteiger partial charge >= 0.3 is 15.9 Å². The molecule has 2 rings (SSSR count). The first-order chi connectivity index (χ1) is 5.61. The molecule has 0 aliphatic carbocycles. The van der Waals surface area contributed by atoms with Gasteiger partial charge in [-0.15, -0.1) is 11.3 Å². The summed E-state index contributed by atoms with van der Waals surface area (Å²) in [4.78, 5) is 11.0. The van der Waals surface area contributed by atoms with Crippen molar-refractivity contribution >= 4 is 27.3 Å². The molecule has 0 atom stereocenters. The summed E-state index contributed by atoms with van der Waals surface area (Å²) in [6, 6.07) is 1.35. The normalized spacial score (nSPS) is 19.2. The third-order valence-electron chi connectivity index (χ3n) is 1.34. The molecule has 1 amide bonds. The van der Waals surface area contributed by atoms with E-state index < -0.39 is 15.9 Å². The number of amides is 1. The second kappa shape index (κ2) is 2.20.